The molecule has 19 heteroatoms. The van der Waals surface area contributed by atoms with Crippen LogP contribution < -0.4 is 0 Å². The number of phosphoric acid groups is 2. The SMILES string of the molecule is CCCCCCCCCCCCCCCCCCCCCCCCC(=O)O[C@H](COC(=O)CCCCCCCCCCCCCCCCCCCCCCC)COP(=O)(O)OC[C@@H](O)COP(=O)(O)OC[C@@H](COC(=O)CCCCCCCCC)OC(=O)CCCCCCCCCCCCCCCCCC(C)C. The van der Waals surface area contributed by atoms with E-state index in [-0.39, 0.29) is 25.7 Å². The van der Waals surface area contributed by atoms with E-state index in [1.807, 2.05) is 0 Å². The summed E-state index contributed by atoms with van der Waals surface area (Å²) in [5.41, 5.74) is 0. The maximum atomic E-state index is 13.2. The van der Waals surface area contributed by atoms with Gasteiger partial charge in [0.2, 0.25) is 0 Å². The molecule has 0 aromatic carbocycles. The van der Waals surface area contributed by atoms with Gasteiger partial charge in [0.1, 0.15) is 19.3 Å². The molecule has 17 nitrogen and oxygen atoms in total. The molecule has 642 valence electrons. The van der Waals surface area contributed by atoms with Gasteiger partial charge in [-0.05, 0) is 31.6 Å². The predicted molar refractivity (Wildman–Crippen MR) is 446 cm³/mol. The molecule has 0 aliphatic carbocycles. The molecule has 0 aromatic heterocycles. The lowest BCUT2D eigenvalue weighted by Crippen LogP contribution is -2.30. The van der Waals surface area contributed by atoms with Crippen LogP contribution in [-0.2, 0) is 65.4 Å². The van der Waals surface area contributed by atoms with Crippen LogP contribution in [0.4, 0.5) is 0 Å². The fourth-order valence-electron chi connectivity index (χ4n) is 14.0. The topological polar surface area (TPSA) is 237 Å². The van der Waals surface area contributed by atoms with Gasteiger partial charge in [0.25, 0.3) is 0 Å². The smallest absolute Gasteiger partial charge is 0.462 e. The van der Waals surface area contributed by atoms with Gasteiger partial charge in [-0.15, -0.1) is 0 Å². The highest BCUT2D eigenvalue weighted by Gasteiger charge is 2.30. The van der Waals surface area contributed by atoms with Gasteiger partial charge in [-0.3, -0.25) is 37.3 Å². The summed E-state index contributed by atoms with van der Waals surface area (Å²) < 4.78 is 68.8. The maximum absolute atomic E-state index is 13.2. The largest absolute Gasteiger partial charge is 0.472 e. The highest BCUT2D eigenvalue weighted by atomic mass is 31.2. The van der Waals surface area contributed by atoms with Gasteiger partial charge in [-0.2, -0.15) is 0 Å². The molecule has 0 amide bonds. The van der Waals surface area contributed by atoms with Gasteiger partial charge in [-0.1, -0.05) is 433 Å². The Kier molecular flexibility index (Phi) is 80.2. The number of carbonyl (C=O) groups excluding carboxylic acids is 4. The van der Waals surface area contributed by atoms with Crippen LogP contribution in [0.5, 0.6) is 0 Å². The van der Waals surface area contributed by atoms with E-state index >= 15 is 0 Å². The van der Waals surface area contributed by atoms with Crippen molar-refractivity contribution in [3.05, 3.63) is 0 Å². The van der Waals surface area contributed by atoms with Crippen LogP contribution in [0.2, 0.25) is 0 Å². The molecule has 0 bridgehead atoms. The molecular weight excluding hydrogens is 1400 g/mol. The molecule has 0 aliphatic rings. The second-order valence-electron chi connectivity index (χ2n) is 32.5. The van der Waals surface area contributed by atoms with Crippen molar-refractivity contribution in [2.24, 2.45) is 5.92 Å². The van der Waals surface area contributed by atoms with Crippen molar-refractivity contribution in [3.63, 3.8) is 0 Å². The van der Waals surface area contributed by atoms with Crippen molar-refractivity contribution in [3.8, 4) is 0 Å². The van der Waals surface area contributed by atoms with Crippen LogP contribution >= 0.6 is 15.6 Å². The third-order valence-corrected chi connectivity index (χ3v) is 22.9. The monoisotopic (exact) mass is 1580 g/mol. The standard InChI is InChI=1S/C89H174O17P2/c1-6-9-12-15-18-20-22-24-26-28-30-32-34-36-38-42-46-50-54-59-64-69-75-89(94)106-85(79-100-87(92)73-68-63-58-53-49-45-41-37-35-33-31-29-27-25-23-21-19-16-13-10-7-2)81-104-108(97,98)102-77-83(90)76-101-107(95,96)103-80-84(78-99-86(91)72-67-62-56-17-14-11-8-3)105-88(93)74-70-65-60-55-51-47-43-39-40-44-48-52-57-61-66-71-82(4)5/h82-85,90H,6-81H2,1-5H3,(H,95,96)(H,97,98)/t83-,84+,85+/m0/s1. The van der Waals surface area contributed by atoms with Gasteiger partial charge in [0.15, 0.2) is 12.2 Å². The molecule has 0 radical (unpaired) electrons. The molecule has 0 fully saturated rings. The highest BCUT2D eigenvalue weighted by molar-refractivity contribution is 7.47. The minimum absolute atomic E-state index is 0.108. The number of unbranched alkanes of at least 4 members (excludes halogenated alkanes) is 61. The van der Waals surface area contributed by atoms with Gasteiger partial charge < -0.3 is 33.8 Å². The molecule has 0 heterocycles. The van der Waals surface area contributed by atoms with Crippen molar-refractivity contribution < 1.29 is 80.2 Å². The zero-order chi connectivity index (χ0) is 79.0. The molecule has 108 heavy (non-hydrogen) atoms. The summed E-state index contributed by atoms with van der Waals surface area (Å²) in [5, 5.41) is 10.7. The number of ether oxygens (including phenoxy) is 4. The second kappa shape index (κ2) is 81.6. The number of aliphatic hydroxyl groups is 1. The number of esters is 4. The highest BCUT2D eigenvalue weighted by Crippen LogP contribution is 2.45. The van der Waals surface area contributed by atoms with E-state index in [1.54, 1.807) is 0 Å². The molecule has 5 atom stereocenters. The molecule has 0 spiro atoms. The number of rotatable bonds is 89. The molecule has 0 rings (SSSR count). The molecular formula is C89H174O17P2. The third kappa shape index (κ3) is 82.1. The fraction of sp³-hybridized carbons (Fsp3) is 0.955. The Balaban J connectivity index is 5.14. The zero-order valence-electron chi connectivity index (χ0n) is 71.0. The van der Waals surface area contributed by atoms with Crippen LogP contribution in [0, 0.1) is 5.92 Å². The van der Waals surface area contributed by atoms with E-state index in [4.69, 9.17) is 37.0 Å². The van der Waals surface area contributed by atoms with Crippen molar-refractivity contribution >= 4 is 39.5 Å². The summed E-state index contributed by atoms with van der Waals surface area (Å²) in [4.78, 5) is 73.1. The van der Waals surface area contributed by atoms with Crippen molar-refractivity contribution in [2.45, 2.75) is 502 Å². The first kappa shape index (κ1) is 106. The minimum atomic E-state index is -4.97. The lowest BCUT2D eigenvalue weighted by molar-refractivity contribution is -0.161. The van der Waals surface area contributed by atoms with Gasteiger partial charge in [0.05, 0.1) is 26.4 Å². The Morgan fingerprint density at radius 1 is 0.250 bits per heavy atom. The minimum Gasteiger partial charge on any atom is -0.462 e. The summed E-state index contributed by atoms with van der Waals surface area (Å²) in [7, 11) is -9.92. The molecule has 3 N–H and O–H groups in total. The number of hydrogen-bond acceptors (Lipinski definition) is 15. The molecule has 0 saturated carbocycles. The molecule has 2 unspecified atom stereocenters. The fourth-order valence-corrected chi connectivity index (χ4v) is 15.6. The average molecular weight is 1580 g/mol. The van der Waals surface area contributed by atoms with E-state index in [9.17, 15) is 43.2 Å². The average Bonchev–Trinajstić information content (AvgIpc) is 0.899. The van der Waals surface area contributed by atoms with Crippen LogP contribution in [0.15, 0.2) is 0 Å². The number of phosphoric ester groups is 2. The Labute approximate surface area is 664 Å². The lowest BCUT2D eigenvalue weighted by atomic mass is 10.0. The summed E-state index contributed by atoms with van der Waals surface area (Å²) in [6.07, 6.45) is 76.8. The van der Waals surface area contributed by atoms with E-state index < -0.39 is 97.5 Å². The Morgan fingerprint density at radius 2 is 0.426 bits per heavy atom. The van der Waals surface area contributed by atoms with E-state index in [1.165, 1.54) is 295 Å². The molecule has 0 aliphatic heterocycles. The Morgan fingerprint density at radius 3 is 0.630 bits per heavy atom. The lowest BCUT2D eigenvalue weighted by Gasteiger charge is -2.21. The normalized spacial score (nSPS) is 13.7. The van der Waals surface area contributed by atoms with Crippen molar-refractivity contribution in [2.75, 3.05) is 39.6 Å². The molecule has 0 saturated heterocycles. The first-order chi connectivity index (χ1) is 52.5. The van der Waals surface area contributed by atoms with Crippen molar-refractivity contribution in [1.29, 1.82) is 0 Å². The number of carbonyl (C=O) groups is 4. The summed E-state index contributed by atoms with van der Waals surface area (Å²) in [5.74, 6) is -1.30. The Hall–Kier alpha value is -1.94. The van der Waals surface area contributed by atoms with Gasteiger partial charge in [-0.25, -0.2) is 9.13 Å². The van der Waals surface area contributed by atoms with Crippen LogP contribution in [0.25, 0.3) is 0 Å². The maximum Gasteiger partial charge on any atom is 0.472 e. The predicted octanol–water partition coefficient (Wildman–Crippen LogP) is 27.5. The van der Waals surface area contributed by atoms with Crippen LogP contribution in [0.3, 0.4) is 0 Å². The van der Waals surface area contributed by atoms with E-state index in [2.05, 4.69) is 34.6 Å². The third-order valence-electron chi connectivity index (χ3n) is 21.0. The van der Waals surface area contributed by atoms with Gasteiger partial charge in [0, 0.05) is 25.7 Å². The first-order valence-electron chi connectivity index (χ1n) is 46.1. The van der Waals surface area contributed by atoms with Gasteiger partial charge >= 0.3 is 39.5 Å². The van der Waals surface area contributed by atoms with Crippen molar-refractivity contribution in [1.82, 2.24) is 0 Å². The summed E-state index contributed by atoms with van der Waals surface area (Å²) >= 11 is 0. The number of aliphatic hydroxyl groups excluding tert-OH is 1. The summed E-state index contributed by atoms with van der Waals surface area (Å²) in [6, 6.07) is 0. The molecule has 0 aromatic rings. The van der Waals surface area contributed by atoms with Crippen LogP contribution in [0.1, 0.15) is 484 Å². The van der Waals surface area contributed by atoms with E-state index in [0.717, 1.165) is 109 Å². The van der Waals surface area contributed by atoms with Crippen LogP contribution in [-0.4, -0.2) is 96.7 Å². The first-order valence-corrected chi connectivity index (χ1v) is 49.1. The second-order valence-corrected chi connectivity index (χ2v) is 35.4. The quantitative estimate of drug-likeness (QED) is 0.0222. The summed E-state index contributed by atoms with van der Waals surface area (Å²) in [6.45, 7) is 7.36. The van der Waals surface area contributed by atoms with E-state index in [0.29, 0.717) is 25.7 Å². The zero-order valence-corrected chi connectivity index (χ0v) is 72.8. The Bertz CT molecular complexity index is 2050. The number of hydrogen-bond donors (Lipinski definition) is 3.